The summed E-state index contributed by atoms with van der Waals surface area (Å²) in [7, 11) is -0.998. The number of rotatable bonds is 3. The first kappa shape index (κ1) is 15.4. The number of phenolic OH excluding ortho intramolecular Hbond substituents is 1. The van der Waals surface area contributed by atoms with E-state index in [1.54, 1.807) is 12.1 Å². The molecule has 2 rings (SSSR count). The Morgan fingerprint density at radius 1 is 1.50 bits per heavy atom. The molecule has 20 heavy (non-hydrogen) atoms. The number of allylic oxidation sites excluding steroid dienone is 2. The molecule has 0 saturated heterocycles. The summed E-state index contributed by atoms with van der Waals surface area (Å²) >= 11 is 3.37. The van der Waals surface area contributed by atoms with E-state index in [1.165, 1.54) is 0 Å². The van der Waals surface area contributed by atoms with Gasteiger partial charge in [-0.05, 0) is 36.0 Å². The van der Waals surface area contributed by atoms with Crippen LogP contribution >= 0.6 is 15.9 Å². The molecule has 0 fully saturated rings. The maximum absolute atomic E-state index is 10.1. The molecule has 0 aliphatic carbocycles. The van der Waals surface area contributed by atoms with E-state index in [-0.39, 0.29) is 17.8 Å². The maximum Gasteiger partial charge on any atom is 0.491 e. The van der Waals surface area contributed by atoms with Crippen LogP contribution in [-0.4, -0.2) is 17.2 Å². The van der Waals surface area contributed by atoms with Crippen molar-refractivity contribution in [1.29, 1.82) is 0 Å². The molecule has 0 amide bonds. The number of halogens is 1. The Bertz CT molecular complexity index is 554. The third-order valence-corrected chi connectivity index (χ3v) is 4.01. The third-order valence-electron chi connectivity index (χ3n) is 3.52. The summed E-state index contributed by atoms with van der Waals surface area (Å²) in [4.78, 5) is 0. The van der Waals surface area contributed by atoms with Crippen molar-refractivity contribution in [3.63, 3.8) is 0 Å². The molecule has 106 valence electrons. The van der Waals surface area contributed by atoms with E-state index in [2.05, 4.69) is 22.5 Å². The first-order valence-electron chi connectivity index (χ1n) is 6.61. The molecule has 0 spiro atoms. The van der Waals surface area contributed by atoms with Gasteiger partial charge in [0, 0.05) is 10.0 Å². The van der Waals surface area contributed by atoms with Crippen LogP contribution in [0.5, 0.6) is 5.75 Å². The SMILES string of the molecule is C=C(C1=CCC(c2cc(Br)ccc2O)OB1O)C(C)C. The van der Waals surface area contributed by atoms with Crippen LogP contribution < -0.4 is 0 Å². The second kappa shape index (κ2) is 6.16. The highest BCUT2D eigenvalue weighted by atomic mass is 79.9. The Morgan fingerprint density at radius 3 is 2.80 bits per heavy atom. The summed E-state index contributed by atoms with van der Waals surface area (Å²) in [6.45, 7) is 8.05. The smallest absolute Gasteiger partial charge is 0.491 e. The van der Waals surface area contributed by atoms with E-state index in [1.807, 2.05) is 26.0 Å². The lowest BCUT2D eigenvalue weighted by Gasteiger charge is -2.28. The van der Waals surface area contributed by atoms with Crippen molar-refractivity contribution < 1.29 is 14.8 Å². The molecule has 2 N–H and O–H groups in total. The number of hydrogen-bond donors (Lipinski definition) is 2. The van der Waals surface area contributed by atoms with Crippen LogP contribution in [0.1, 0.15) is 31.9 Å². The molecule has 3 nitrogen and oxygen atoms in total. The van der Waals surface area contributed by atoms with Crippen molar-refractivity contribution in [3.8, 4) is 5.75 Å². The minimum absolute atomic E-state index is 0.171. The van der Waals surface area contributed by atoms with Gasteiger partial charge in [0.1, 0.15) is 5.75 Å². The van der Waals surface area contributed by atoms with Crippen LogP contribution in [0.2, 0.25) is 0 Å². The van der Waals surface area contributed by atoms with Gasteiger partial charge in [-0.2, -0.15) is 0 Å². The molecule has 0 saturated carbocycles. The zero-order valence-electron chi connectivity index (χ0n) is 11.6. The summed E-state index contributed by atoms with van der Waals surface area (Å²) in [5.74, 6) is 0.431. The molecule has 1 heterocycles. The van der Waals surface area contributed by atoms with Crippen LogP contribution in [0, 0.1) is 5.92 Å². The van der Waals surface area contributed by atoms with Crippen molar-refractivity contribution in [1.82, 2.24) is 0 Å². The van der Waals surface area contributed by atoms with Gasteiger partial charge in [0.2, 0.25) is 0 Å². The molecule has 1 aromatic rings. The van der Waals surface area contributed by atoms with Gasteiger partial charge < -0.3 is 14.8 Å². The van der Waals surface area contributed by atoms with Gasteiger partial charge in [-0.15, -0.1) is 0 Å². The van der Waals surface area contributed by atoms with Crippen molar-refractivity contribution in [2.45, 2.75) is 26.4 Å². The Kier molecular flexibility index (Phi) is 4.73. The highest BCUT2D eigenvalue weighted by molar-refractivity contribution is 9.10. The first-order valence-corrected chi connectivity index (χ1v) is 7.40. The largest absolute Gasteiger partial charge is 0.508 e. The summed E-state index contributed by atoms with van der Waals surface area (Å²) in [5.41, 5.74) is 2.30. The van der Waals surface area contributed by atoms with E-state index in [0.717, 1.165) is 15.5 Å². The second-order valence-electron chi connectivity index (χ2n) is 5.26. The summed E-state index contributed by atoms with van der Waals surface area (Å²) in [5, 5.41) is 20.1. The molecule has 1 aliphatic heterocycles. The molecule has 1 atom stereocenters. The lowest BCUT2D eigenvalue weighted by atomic mass is 9.69. The van der Waals surface area contributed by atoms with Gasteiger partial charge in [0.05, 0.1) is 6.10 Å². The highest BCUT2D eigenvalue weighted by Gasteiger charge is 2.32. The Labute approximate surface area is 128 Å². The van der Waals surface area contributed by atoms with Crippen molar-refractivity contribution in [3.05, 3.63) is 51.9 Å². The molecular formula is C15H18BBrO3. The maximum atomic E-state index is 10.1. The van der Waals surface area contributed by atoms with Gasteiger partial charge >= 0.3 is 7.12 Å². The average molecular weight is 337 g/mol. The minimum atomic E-state index is -0.998. The highest BCUT2D eigenvalue weighted by Crippen LogP contribution is 2.37. The quantitative estimate of drug-likeness (QED) is 0.826. The van der Waals surface area contributed by atoms with Crippen molar-refractivity contribution in [2.24, 2.45) is 5.92 Å². The standard InChI is InChI=1S/C15H18BBrO3/c1-9(2)10(3)13-5-7-15(20-16(13)19)12-8-11(17)4-6-14(12)18/h4-6,8-9,15,18-19H,3,7H2,1-2H3. The van der Waals surface area contributed by atoms with Crippen LogP contribution in [0.4, 0.5) is 0 Å². The summed E-state index contributed by atoms with van der Waals surface area (Å²) in [6.07, 6.45) is 2.19. The summed E-state index contributed by atoms with van der Waals surface area (Å²) in [6, 6.07) is 5.18. The summed E-state index contributed by atoms with van der Waals surface area (Å²) < 4.78 is 6.50. The zero-order chi connectivity index (χ0) is 14.9. The number of aromatic hydroxyl groups is 1. The monoisotopic (exact) mass is 336 g/mol. The molecule has 1 aromatic carbocycles. The van der Waals surface area contributed by atoms with Crippen LogP contribution in [0.25, 0.3) is 0 Å². The fourth-order valence-corrected chi connectivity index (χ4v) is 2.60. The average Bonchev–Trinajstić information content (AvgIpc) is 2.40. The first-order chi connectivity index (χ1) is 9.40. The number of hydrogen-bond acceptors (Lipinski definition) is 3. The van der Waals surface area contributed by atoms with E-state index in [0.29, 0.717) is 12.0 Å². The minimum Gasteiger partial charge on any atom is -0.508 e. The molecule has 0 aromatic heterocycles. The van der Waals surface area contributed by atoms with Crippen molar-refractivity contribution >= 4 is 23.0 Å². The predicted octanol–water partition coefficient (Wildman–Crippen LogP) is 3.77. The predicted molar refractivity (Wildman–Crippen MR) is 84.3 cm³/mol. The Balaban J connectivity index is 2.24. The van der Waals surface area contributed by atoms with Gasteiger partial charge in [-0.3, -0.25) is 0 Å². The van der Waals surface area contributed by atoms with E-state index in [9.17, 15) is 10.1 Å². The molecular weight excluding hydrogens is 319 g/mol. The zero-order valence-corrected chi connectivity index (χ0v) is 13.2. The van der Waals surface area contributed by atoms with Gasteiger partial charge in [-0.25, -0.2) is 0 Å². The van der Waals surface area contributed by atoms with Crippen LogP contribution in [0.15, 0.2) is 46.4 Å². The second-order valence-corrected chi connectivity index (χ2v) is 6.17. The molecule has 0 radical (unpaired) electrons. The Hall–Kier alpha value is -1.04. The van der Waals surface area contributed by atoms with Gasteiger partial charge in [0.15, 0.2) is 0 Å². The fraction of sp³-hybridized carbons (Fsp3) is 0.333. The lowest BCUT2D eigenvalue weighted by Crippen LogP contribution is -2.29. The number of benzene rings is 1. The topological polar surface area (TPSA) is 49.7 Å². The van der Waals surface area contributed by atoms with Gasteiger partial charge in [-0.1, -0.05) is 48.0 Å². The van der Waals surface area contributed by atoms with Crippen LogP contribution in [0.3, 0.4) is 0 Å². The fourth-order valence-electron chi connectivity index (χ4n) is 2.23. The lowest BCUT2D eigenvalue weighted by molar-refractivity contribution is 0.165. The third kappa shape index (κ3) is 3.16. The molecule has 1 unspecified atom stereocenters. The van der Waals surface area contributed by atoms with E-state index >= 15 is 0 Å². The Morgan fingerprint density at radius 2 is 2.20 bits per heavy atom. The molecule has 1 aliphatic rings. The van der Waals surface area contributed by atoms with Crippen molar-refractivity contribution in [2.75, 3.05) is 0 Å². The molecule has 5 heteroatoms. The molecule has 0 bridgehead atoms. The van der Waals surface area contributed by atoms with E-state index < -0.39 is 7.12 Å². The van der Waals surface area contributed by atoms with E-state index in [4.69, 9.17) is 4.65 Å². The number of phenols is 1. The van der Waals surface area contributed by atoms with Gasteiger partial charge in [0.25, 0.3) is 0 Å². The van der Waals surface area contributed by atoms with Crippen LogP contribution in [-0.2, 0) is 4.65 Å². The normalized spacial score (nSPS) is 19.1.